The monoisotopic (exact) mass is 362 g/mol. The van der Waals surface area contributed by atoms with E-state index in [1.165, 1.54) is 0 Å². The number of amides is 2. The van der Waals surface area contributed by atoms with Crippen molar-refractivity contribution in [2.24, 2.45) is 0 Å². The fourth-order valence-electron chi connectivity index (χ4n) is 3.48. The van der Waals surface area contributed by atoms with Crippen molar-refractivity contribution in [3.8, 4) is 11.4 Å². The van der Waals surface area contributed by atoms with Crippen LogP contribution in [0.3, 0.4) is 0 Å². The van der Waals surface area contributed by atoms with E-state index in [2.05, 4.69) is 22.4 Å². The third-order valence-electron chi connectivity index (χ3n) is 4.91. The number of anilines is 1. The van der Waals surface area contributed by atoms with Crippen molar-refractivity contribution in [1.29, 1.82) is 0 Å². The van der Waals surface area contributed by atoms with Gasteiger partial charge in [-0.05, 0) is 30.9 Å². The fraction of sp³-hybridized carbons (Fsp3) is 0.286. The molecule has 138 valence electrons. The predicted octanol–water partition coefficient (Wildman–Crippen LogP) is 4.67. The number of carbonyl (C=O) groups is 1. The van der Waals surface area contributed by atoms with Crippen LogP contribution >= 0.6 is 0 Å². The summed E-state index contributed by atoms with van der Waals surface area (Å²) in [5.41, 5.74) is 2.87. The van der Waals surface area contributed by atoms with Crippen LogP contribution in [0.5, 0.6) is 0 Å². The Balaban J connectivity index is 1.52. The molecule has 0 spiro atoms. The van der Waals surface area contributed by atoms with Gasteiger partial charge in [-0.1, -0.05) is 60.6 Å². The fourth-order valence-corrected chi connectivity index (χ4v) is 3.48. The van der Waals surface area contributed by atoms with E-state index in [4.69, 9.17) is 4.52 Å². The van der Waals surface area contributed by atoms with Gasteiger partial charge in [0.25, 0.3) is 0 Å². The van der Waals surface area contributed by atoms with Crippen molar-refractivity contribution >= 4 is 11.7 Å². The first kappa shape index (κ1) is 17.3. The van der Waals surface area contributed by atoms with Crippen LogP contribution in [-0.4, -0.2) is 27.6 Å². The van der Waals surface area contributed by atoms with E-state index in [-0.39, 0.29) is 12.1 Å². The Bertz CT molecular complexity index is 923. The minimum atomic E-state index is -0.191. The van der Waals surface area contributed by atoms with Gasteiger partial charge in [-0.2, -0.15) is 4.98 Å². The van der Waals surface area contributed by atoms with Crippen LogP contribution in [0, 0.1) is 0 Å². The van der Waals surface area contributed by atoms with Gasteiger partial charge < -0.3 is 14.7 Å². The number of carbonyl (C=O) groups excluding carboxylic acids is 1. The quantitative estimate of drug-likeness (QED) is 0.732. The molecule has 2 aromatic carbocycles. The summed E-state index contributed by atoms with van der Waals surface area (Å²) in [6, 6.07) is 17.3. The second-order valence-electron chi connectivity index (χ2n) is 6.61. The minimum Gasteiger partial charge on any atom is -0.337 e. The average Bonchev–Trinajstić information content (AvgIpc) is 3.38. The number of nitrogens with zero attached hydrogens (tertiary/aromatic N) is 3. The zero-order valence-electron chi connectivity index (χ0n) is 15.3. The number of nitrogens with one attached hydrogen (secondary N) is 1. The van der Waals surface area contributed by atoms with Crippen molar-refractivity contribution in [2.45, 2.75) is 32.2 Å². The lowest BCUT2D eigenvalue weighted by Gasteiger charge is -2.23. The molecule has 6 heteroatoms. The summed E-state index contributed by atoms with van der Waals surface area (Å²) in [5, 5.41) is 7.13. The first-order chi connectivity index (χ1) is 13.3. The third kappa shape index (κ3) is 3.56. The van der Waals surface area contributed by atoms with Crippen LogP contribution < -0.4 is 5.32 Å². The summed E-state index contributed by atoms with van der Waals surface area (Å²) < 4.78 is 5.50. The first-order valence-corrected chi connectivity index (χ1v) is 9.31. The number of hydrogen-bond donors (Lipinski definition) is 1. The highest BCUT2D eigenvalue weighted by Crippen LogP contribution is 2.32. The maximum atomic E-state index is 12.9. The molecule has 1 fully saturated rings. The number of likely N-dealkylation sites (tertiary alicyclic amines) is 1. The van der Waals surface area contributed by atoms with E-state index in [1.807, 2.05) is 54.6 Å². The van der Waals surface area contributed by atoms with E-state index < -0.39 is 0 Å². The topological polar surface area (TPSA) is 71.3 Å². The second-order valence-corrected chi connectivity index (χ2v) is 6.61. The molecular formula is C21H22N4O2. The molecule has 1 atom stereocenters. The molecule has 27 heavy (non-hydrogen) atoms. The maximum Gasteiger partial charge on any atom is 0.322 e. The number of rotatable bonds is 4. The van der Waals surface area contributed by atoms with Crippen molar-refractivity contribution in [3.05, 3.63) is 66.1 Å². The van der Waals surface area contributed by atoms with Gasteiger partial charge in [-0.3, -0.25) is 0 Å². The van der Waals surface area contributed by atoms with Crippen LogP contribution in [0.4, 0.5) is 10.5 Å². The number of benzene rings is 2. The standard InChI is InChI=1S/C21H22N4O2/c1-2-15-9-6-7-12-17(15)22-21(26)25-14-8-13-18(25)20-23-19(24-27-20)16-10-4-3-5-11-16/h3-7,9-12,18H,2,8,13-14H2,1H3,(H,22,26)/t18-/m1/s1. The molecule has 2 amide bonds. The summed E-state index contributed by atoms with van der Waals surface area (Å²) in [5.74, 6) is 1.04. The normalized spacial score (nSPS) is 16.5. The van der Waals surface area contributed by atoms with Crippen molar-refractivity contribution < 1.29 is 9.32 Å². The SMILES string of the molecule is CCc1ccccc1NC(=O)N1CCC[C@@H]1c1nc(-c2ccccc2)no1. The molecule has 1 aliphatic heterocycles. The molecular weight excluding hydrogens is 340 g/mol. The highest BCUT2D eigenvalue weighted by Gasteiger charge is 2.34. The molecule has 1 aromatic heterocycles. The Morgan fingerprint density at radius 2 is 1.96 bits per heavy atom. The second kappa shape index (κ2) is 7.61. The van der Waals surface area contributed by atoms with E-state index in [9.17, 15) is 4.79 Å². The molecule has 6 nitrogen and oxygen atoms in total. The smallest absolute Gasteiger partial charge is 0.322 e. The van der Waals surface area contributed by atoms with Crippen molar-refractivity contribution in [2.75, 3.05) is 11.9 Å². The molecule has 4 rings (SSSR count). The van der Waals surface area contributed by atoms with Gasteiger partial charge in [0.15, 0.2) is 0 Å². The molecule has 0 radical (unpaired) electrons. The molecule has 0 aliphatic carbocycles. The van der Waals surface area contributed by atoms with Crippen LogP contribution in [0.15, 0.2) is 59.1 Å². The van der Waals surface area contributed by atoms with E-state index in [0.29, 0.717) is 18.3 Å². The zero-order valence-corrected chi connectivity index (χ0v) is 15.3. The first-order valence-electron chi connectivity index (χ1n) is 9.31. The van der Waals surface area contributed by atoms with Gasteiger partial charge in [0.1, 0.15) is 6.04 Å². The minimum absolute atomic E-state index is 0.127. The van der Waals surface area contributed by atoms with Gasteiger partial charge in [0, 0.05) is 17.8 Å². The predicted molar refractivity (Wildman–Crippen MR) is 103 cm³/mol. The maximum absolute atomic E-state index is 12.9. The van der Waals surface area contributed by atoms with E-state index in [1.54, 1.807) is 4.90 Å². The highest BCUT2D eigenvalue weighted by atomic mass is 16.5. The van der Waals surface area contributed by atoms with Crippen LogP contribution in [0.1, 0.15) is 37.3 Å². The number of aryl methyl sites for hydroxylation is 1. The van der Waals surface area contributed by atoms with E-state index >= 15 is 0 Å². The molecule has 1 N–H and O–H groups in total. The van der Waals surface area contributed by atoms with Crippen molar-refractivity contribution in [1.82, 2.24) is 15.0 Å². The molecule has 0 saturated carbocycles. The van der Waals surface area contributed by atoms with Gasteiger partial charge in [0.2, 0.25) is 11.7 Å². The summed E-state index contributed by atoms with van der Waals surface area (Å²) in [4.78, 5) is 19.2. The van der Waals surface area contributed by atoms with Crippen molar-refractivity contribution in [3.63, 3.8) is 0 Å². The molecule has 3 aromatic rings. The van der Waals surface area contributed by atoms with Gasteiger partial charge in [-0.15, -0.1) is 0 Å². The molecule has 1 saturated heterocycles. The highest BCUT2D eigenvalue weighted by molar-refractivity contribution is 5.90. The Labute approximate surface area is 158 Å². The number of hydrogen-bond acceptors (Lipinski definition) is 4. The Kier molecular flexibility index (Phi) is 4.87. The lowest BCUT2D eigenvalue weighted by atomic mass is 10.1. The van der Waals surface area contributed by atoms with Crippen LogP contribution in [0.2, 0.25) is 0 Å². The van der Waals surface area contributed by atoms with Gasteiger partial charge in [0.05, 0.1) is 0 Å². The van der Waals surface area contributed by atoms with Crippen LogP contribution in [-0.2, 0) is 6.42 Å². The third-order valence-corrected chi connectivity index (χ3v) is 4.91. The molecule has 0 unspecified atom stereocenters. The number of para-hydroxylation sites is 1. The van der Waals surface area contributed by atoms with E-state index in [0.717, 1.165) is 36.1 Å². The Hall–Kier alpha value is -3.15. The molecule has 1 aliphatic rings. The summed E-state index contributed by atoms with van der Waals surface area (Å²) >= 11 is 0. The lowest BCUT2D eigenvalue weighted by Crippen LogP contribution is -2.34. The van der Waals surface area contributed by atoms with Crippen LogP contribution in [0.25, 0.3) is 11.4 Å². The Morgan fingerprint density at radius 3 is 2.78 bits per heavy atom. The summed E-state index contributed by atoms with van der Waals surface area (Å²) in [6.07, 6.45) is 2.60. The Morgan fingerprint density at radius 1 is 1.19 bits per heavy atom. The molecule has 0 bridgehead atoms. The number of aromatic nitrogens is 2. The average molecular weight is 362 g/mol. The summed E-state index contributed by atoms with van der Waals surface area (Å²) in [6.45, 7) is 2.75. The lowest BCUT2D eigenvalue weighted by molar-refractivity contribution is 0.193. The largest absolute Gasteiger partial charge is 0.337 e. The summed E-state index contributed by atoms with van der Waals surface area (Å²) in [7, 11) is 0. The number of urea groups is 1. The van der Waals surface area contributed by atoms with Gasteiger partial charge >= 0.3 is 6.03 Å². The van der Waals surface area contributed by atoms with Gasteiger partial charge in [-0.25, -0.2) is 4.79 Å². The zero-order chi connectivity index (χ0) is 18.6. The molecule has 2 heterocycles.